The molecule has 2 aromatic heterocycles. The minimum Gasteiger partial charge on any atom is -0.472 e. The highest BCUT2D eigenvalue weighted by Gasteiger charge is 2.53. The van der Waals surface area contributed by atoms with Crippen LogP contribution in [0.25, 0.3) is 0 Å². The number of rotatable bonds is 7. The summed E-state index contributed by atoms with van der Waals surface area (Å²) >= 11 is 0. The van der Waals surface area contributed by atoms with Crippen molar-refractivity contribution >= 4 is 17.7 Å². The summed E-state index contributed by atoms with van der Waals surface area (Å²) in [6, 6.07) is 3.34. The molecule has 1 aliphatic carbocycles. The van der Waals surface area contributed by atoms with Gasteiger partial charge in [-0.25, -0.2) is 4.79 Å². The van der Waals surface area contributed by atoms with Crippen molar-refractivity contribution in [2.45, 2.75) is 57.2 Å². The van der Waals surface area contributed by atoms with Crippen LogP contribution in [0, 0.1) is 18.8 Å². The van der Waals surface area contributed by atoms with Crippen LogP contribution >= 0.6 is 0 Å². The van der Waals surface area contributed by atoms with Crippen LogP contribution in [-0.4, -0.2) is 58.9 Å². The first-order chi connectivity index (χ1) is 15.9. The van der Waals surface area contributed by atoms with Gasteiger partial charge in [-0.2, -0.15) is 0 Å². The van der Waals surface area contributed by atoms with Gasteiger partial charge in [-0.05, 0) is 25.8 Å². The second-order valence-corrected chi connectivity index (χ2v) is 10.0. The van der Waals surface area contributed by atoms with Crippen LogP contribution in [0.5, 0.6) is 0 Å². The van der Waals surface area contributed by atoms with Gasteiger partial charge in [0.15, 0.2) is 24.1 Å². The zero-order valence-corrected chi connectivity index (χ0v) is 19.0. The molecule has 2 bridgehead atoms. The molecule has 4 fully saturated rings. The molecule has 0 spiro atoms. The Kier molecular flexibility index (Phi) is 5.78. The van der Waals surface area contributed by atoms with Crippen molar-refractivity contribution in [2.75, 3.05) is 31.5 Å². The third-order valence-electron chi connectivity index (χ3n) is 7.89. The topological polar surface area (TPSA) is 115 Å². The molecule has 0 aromatic carbocycles. The standard InChI is InChI=1S/C24H31N3O6/c1-16-12-21(26-33-16)25-22(28)14-27-9-6-17(7-10-27)20(13-27)32-23(29)24(30,18-4-2-3-5-18)19-8-11-31-15-19/h8,11-12,15,17-18,20,30H,2-7,9-10,13-14H2,1H3/p+1/t17?,20?,24-,27?/m1/s1. The Labute approximate surface area is 192 Å². The van der Waals surface area contributed by atoms with Gasteiger partial charge in [0.2, 0.25) is 0 Å². The largest absolute Gasteiger partial charge is 0.472 e. The van der Waals surface area contributed by atoms with Crippen LogP contribution in [0.15, 0.2) is 33.6 Å². The first-order valence-corrected chi connectivity index (χ1v) is 11.9. The number of ether oxygens (including phenoxy) is 1. The average molecular weight is 459 g/mol. The van der Waals surface area contributed by atoms with Gasteiger partial charge < -0.3 is 28.6 Å². The Bertz CT molecular complexity index is 988. The van der Waals surface area contributed by atoms with Crippen molar-refractivity contribution in [3.05, 3.63) is 36.0 Å². The monoisotopic (exact) mass is 458 g/mol. The van der Waals surface area contributed by atoms with E-state index in [4.69, 9.17) is 13.7 Å². The fourth-order valence-electron chi connectivity index (χ4n) is 6.06. The smallest absolute Gasteiger partial charge is 0.343 e. The zero-order chi connectivity index (χ0) is 23.1. The number of nitrogens with zero attached hydrogens (tertiary/aromatic N) is 2. The maximum absolute atomic E-state index is 13.4. The third kappa shape index (κ3) is 4.19. The molecule has 2 aromatic rings. The summed E-state index contributed by atoms with van der Waals surface area (Å²) in [7, 11) is 0. The molecule has 2 N–H and O–H groups in total. The number of fused-ring (bicyclic) bond motifs is 3. The number of hydrogen-bond acceptors (Lipinski definition) is 7. The van der Waals surface area contributed by atoms with Crippen molar-refractivity contribution in [3.63, 3.8) is 0 Å². The SMILES string of the molecule is Cc1cc(NC(=O)C[N+]23CCC(CC2)C(OC(=O)[C@](O)(c2ccoc2)C2CCCC2)C3)no1. The molecule has 9 heteroatoms. The lowest BCUT2D eigenvalue weighted by Gasteiger charge is -2.51. The normalized spacial score (nSPS) is 29.0. The lowest BCUT2D eigenvalue weighted by molar-refractivity contribution is -0.939. The van der Waals surface area contributed by atoms with E-state index in [1.54, 1.807) is 19.1 Å². The molecule has 3 aliphatic heterocycles. The number of quaternary nitrogens is 1. The lowest BCUT2D eigenvalue weighted by Crippen LogP contribution is -2.66. The second-order valence-electron chi connectivity index (χ2n) is 10.0. The highest BCUT2D eigenvalue weighted by Crippen LogP contribution is 2.43. The molecule has 33 heavy (non-hydrogen) atoms. The highest BCUT2D eigenvalue weighted by molar-refractivity contribution is 5.90. The number of aromatic nitrogens is 1. The van der Waals surface area contributed by atoms with Gasteiger partial charge in [0.25, 0.3) is 5.91 Å². The van der Waals surface area contributed by atoms with E-state index in [2.05, 4.69) is 10.5 Å². The van der Waals surface area contributed by atoms with E-state index in [1.165, 1.54) is 12.5 Å². The molecular weight excluding hydrogens is 426 g/mol. The summed E-state index contributed by atoms with van der Waals surface area (Å²) in [5.41, 5.74) is -1.23. The predicted molar refractivity (Wildman–Crippen MR) is 117 cm³/mol. The van der Waals surface area contributed by atoms with Crippen LogP contribution in [0.3, 0.4) is 0 Å². The van der Waals surface area contributed by atoms with Crippen LogP contribution < -0.4 is 5.32 Å². The molecule has 4 aliphatic rings. The molecule has 1 unspecified atom stereocenters. The number of piperidine rings is 3. The highest BCUT2D eigenvalue weighted by atomic mass is 16.6. The van der Waals surface area contributed by atoms with Gasteiger partial charge in [-0.1, -0.05) is 18.0 Å². The van der Waals surface area contributed by atoms with Gasteiger partial charge in [-0.3, -0.25) is 4.79 Å². The molecule has 6 rings (SSSR count). The molecular formula is C24H32N3O6+. The first-order valence-electron chi connectivity index (χ1n) is 11.9. The maximum atomic E-state index is 13.4. The molecule has 1 saturated carbocycles. The Morgan fingerprint density at radius 3 is 2.67 bits per heavy atom. The van der Waals surface area contributed by atoms with Crippen molar-refractivity contribution in [1.82, 2.24) is 5.16 Å². The third-order valence-corrected chi connectivity index (χ3v) is 7.89. The number of anilines is 1. The van der Waals surface area contributed by atoms with Gasteiger partial charge in [-0.15, -0.1) is 0 Å². The fourth-order valence-corrected chi connectivity index (χ4v) is 6.06. The number of carbonyl (C=O) groups is 2. The summed E-state index contributed by atoms with van der Waals surface area (Å²) in [6.45, 7) is 4.39. The number of aryl methyl sites for hydroxylation is 1. The zero-order valence-electron chi connectivity index (χ0n) is 19.0. The van der Waals surface area contributed by atoms with E-state index in [0.29, 0.717) is 34.7 Å². The molecule has 0 radical (unpaired) electrons. The van der Waals surface area contributed by atoms with E-state index in [-0.39, 0.29) is 23.8 Å². The number of aliphatic hydroxyl groups is 1. The minimum absolute atomic E-state index is 0.130. The van der Waals surface area contributed by atoms with E-state index < -0.39 is 11.6 Å². The quantitative estimate of drug-likeness (QED) is 0.484. The number of hydrogen-bond donors (Lipinski definition) is 2. The fraction of sp³-hybridized carbons (Fsp3) is 0.625. The van der Waals surface area contributed by atoms with Crippen LogP contribution in [0.4, 0.5) is 5.82 Å². The Morgan fingerprint density at radius 2 is 2.03 bits per heavy atom. The van der Waals surface area contributed by atoms with Crippen LogP contribution in [0.1, 0.15) is 49.8 Å². The summed E-state index contributed by atoms with van der Waals surface area (Å²) in [5, 5.41) is 18.2. The van der Waals surface area contributed by atoms with Crippen LogP contribution in [-0.2, 0) is 19.9 Å². The predicted octanol–water partition coefficient (Wildman–Crippen LogP) is 2.74. The van der Waals surface area contributed by atoms with Crippen LogP contribution in [0.2, 0.25) is 0 Å². The number of furan rings is 1. The minimum atomic E-state index is -1.69. The Hall–Kier alpha value is -2.65. The summed E-state index contributed by atoms with van der Waals surface area (Å²) in [6.07, 6.45) is 7.94. The summed E-state index contributed by atoms with van der Waals surface area (Å²) in [5.74, 6) is 0.406. The van der Waals surface area contributed by atoms with E-state index in [0.717, 1.165) is 51.6 Å². The van der Waals surface area contributed by atoms with Gasteiger partial charge in [0.1, 0.15) is 12.3 Å². The van der Waals surface area contributed by atoms with Gasteiger partial charge >= 0.3 is 5.97 Å². The van der Waals surface area contributed by atoms with E-state index in [1.807, 2.05) is 0 Å². The second kappa shape index (κ2) is 8.61. The molecule has 2 atom stereocenters. The number of amides is 1. The molecule has 5 heterocycles. The summed E-state index contributed by atoms with van der Waals surface area (Å²) in [4.78, 5) is 26.2. The molecule has 3 saturated heterocycles. The number of nitrogens with one attached hydrogen (secondary N) is 1. The Balaban J connectivity index is 1.28. The summed E-state index contributed by atoms with van der Waals surface area (Å²) < 4.78 is 16.8. The molecule has 178 valence electrons. The Morgan fingerprint density at radius 1 is 1.27 bits per heavy atom. The van der Waals surface area contributed by atoms with Gasteiger partial charge in [0.05, 0.1) is 25.6 Å². The first kappa shape index (κ1) is 22.2. The number of esters is 1. The van der Waals surface area contributed by atoms with Crippen molar-refractivity contribution in [2.24, 2.45) is 11.8 Å². The lowest BCUT2D eigenvalue weighted by atomic mass is 9.80. The average Bonchev–Trinajstić information content (AvgIpc) is 3.57. The van der Waals surface area contributed by atoms with E-state index >= 15 is 0 Å². The molecule has 9 nitrogen and oxygen atoms in total. The van der Waals surface area contributed by atoms with Crippen molar-refractivity contribution in [3.8, 4) is 0 Å². The van der Waals surface area contributed by atoms with Crippen molar-refractivity contribution in [1.29, 1.82) is 0 Å². The maximum Gasteiger partial charge on any atom is 0.343 e. The van der Waals surface area contributed by atoms with Gasteiger partial charge in [0, 0.05) is 36.3 Å². The number of carbonyl (C=O) groups excluding carboxylic acids is 2. The van der Waals surface area contributed by atoms with Crippen molar-refractivity contribution < 1.29 is 32.9 Å². The van der Waals surface area contributed by atoms with E-state index in [9.17, 15) is 14.7 Å². The molecule has 1 amide bonds.